The zero-order valence-electron chi connectivity index (χ0n) is 17.7. The highest BCUT2D eigenvalue weighted by molar-refractivity contribution is 5.57. The van der Waals surface area contributed by atoms with E-state index in [1.807, 2.05) is 12.2 Å². The number of hydrogen-bond acceptors (Lipinski definition) is 3. The first-order valence-electron chi connectivity index (χ1n) is 10.4. The van der Waals surface area contributed by atoms with Crippen LogP contribution < -0.4 is 0 Å². The summed E-state index contributed by atoms with van der Waals surface area (Å²) in [5.41, 5.74) is 7.20. The van der Waals surface area contributed by atoms with E-state index in [-0.39, 0.29) is 36.6 Å². The summed E-state index contributed by atoms with van der Waals surface area (Å²) < 4.78 is 18.4. The first-order chi connectivity index (χ1) is 14.0. The quantitative estimate of drug-likeness (QED) is 0.521. The maximum absolute atomic E-state index is 6.33. The van der Waals surface area contributed by atoms with Crippen molar-refractivity contribution in [3.05, 3.63) is 82.9 Å². The Labute approximate surface area is 174 Å². The van der Waals surface area contributed by atoms with Gasteiger partial charge in [0.1, 0.15) is 24.4 Å². The van der Waals surface area contributed by atoms with Gasteiger partial charge in [-0.2, -0.15) is 0 Å². The molecule has 2 saturated heterocycles. The lowest BCUT2D eigenvalue weighted by Gasteiger charge is -2.17. The van der Waals surface area contributed by atoms with Crippen molar-refractivity contribution in [3.8, 4) is 0 Å². The second-order valence-electron chi connectivity index (χ2n) is 8.15. The van der Waals surface area contributed by atoms with Gasteiger partial charge in [-0.3, -0.25) is 0 Å². The minimum Gasteiger partial charge on any atom is -0.370 e. The fraction of sp³-hybridized carbons (Fsp3) is 0.385. The van der Waals surface area contributed by atoms with Crippen LogP contribution in [-0.4, -0.2) is 24.4 Å². The Morgan fingerprint density at radius 3 is 1.59 bits per heavy atom. The lowest BCUT2D eigenvalue weighted by Crippen LogP contribution is -2.26. The molecule has 0 amide bonds. The molecule has 2 heterocycles. The van der Waals surface area contributed by atoms with Gasteiger partial charge in [0.05, 0.1) is 12.2 Å². The molecule has 2 fully saturated rings. The zero-order chi connectivity index (χ0) is 20.7. The van der Waals surface area contributed by atoms with E-state index in [4.69, 9.17) is 14.2 Å². The third kappa shape index (κ3) is 3.83. The van der Waals surface area contributed by atoms with E-state index >= 15 is 0 Å². The van der Waals surface area contributed by atoms with E-state index in [0.717, 1.165) is 11.1 Å². The topological polar surface area (TPSA) is 34.3 Å². The number of ether oxygens (including phenoxy) is 3. The van der Waals surface area contributed by atoms with Crippen molar-refractivity contribution in [2.45, 2.75) is 64.3 Å². The highest BCUT2D eigenvalue weighted by Crippen LogP contribution is 2.48. The highest BCUT2D eigenvalue weighted by Gasteiger charge is 2.50. The molecule has 0 aromatic heterocycles. The summed E-state index contributed by atoms with van der Waals surface area (Å²) in [6.07, 6.45) is 4.07. The molecular weight excluding hydrogens is 360 g/mol. The molecule has 152 valence electrons. The molecule has 3 heteroatoms. The molecule has 6 atom stereocenters. The summed E-state index contributed by atoms with van der Waals surface area (Å²) >= 11 is 0. The summed E-state index contributed by atoms with van der Waals surface area (Å²) in [5, 5.41) is 0. The normalized spacial score (nSPS) is 27.2. The van der Waals surface area contributed by atoms with Crippen molar-refractivity contribution >= 4 is 12.2 Å². The number of hydrogen-bond donors (Lipinski definition) is 0. The van der Waals surface area contributed by atoms with Gasteiger partial charge in [0.25, 0.3) is 0 Å². The van der Waals surface area contributed by atoms with E-state index in [0.29, 0.717) is 0 Å². The monoisotopic (exact) mass is 390 g/mol. The van der Waals surface area contributed by atoms with Gasteiger partial charge < -0.3 is 14.2 Å². The molecule has 0 radical (unpaired) electrons. The molecule has 0 bridgehead atoms. The van der Waals surface area contributed by atoms with Gasteiger partial charge in [0.15, 0.2) is 0 Å². The van der Waals surface area contributed by atoms with Crippen molar-refractivity contribution in [3.63, 3.8) is 0 Å². The van der Waals surface area contributed by atoms with E-state index in [2.05, 4.69) is 77.3 Å². The molecule has 2 aliphatic heterocycles. The molecule has 0 aliphatic carbocycles. The fourth-order valence-electron chi connectivity index (χ4n) is 4.46. The smallest absolute Gasteiger partial charge is 0.115 e. The van der Waals surface area contributed by atoms with Gasteiger partial charge in [0.2, 0.25) is 0 Å². The summed E-state index contributed by atoms with van der Waals surface area (Å²) in [6.45, 7) is 16.3. The maximum atomic E-state index is 6.33. The Morgan fingerprint density at radius 2 is 1.21 bits per heavy atom. The van der Waals surface area contributed by atoms with Gasteiger partial charge in [-0.25, -0.2) is 0 Å². The molecule has 2 aromatic rings. The minimum atomic E-state index is -0.00661. The van der Waals surface area contributed by atoms with Crippen LogP contribution in [0.5, 0.6) is 0 Å². The van der Waals surface area contributed by atoms with E-state index < -0.39 is 0 Å². The van der Waals surface area contributed by atoms with Crippen molar-refractivity contribution < 1.29 is 14.2 Å². The molecule has 0 N–H and O–H groups in total. The Kier molecular flexibility index (Phi) is 5.48. The Hall–Kier alpha value is -2.20. The number of aryl methyl sites for hydroxylation is 2. The molecule has 2 aliphatic rings. The van der Waals surface area contributed by atoms with Gasteiger partial charge in [-0.05, 0) is 61.1 Å². The SMILES string of the molecule is C=Cc1cccc(C)c1C1OC1C(C)OC(C)C1OC1c1c(C)cccc1C=C. The number of benzene rings is 2. The molecule has 2 aromatic carbocycles. The van der Waals surface area contributed by atoms with Crippen molar-refractivity contribution in [2.24, 2.45) is 0 Å². The van der Waals surface area contributed by atoms with Crippen molar-refractivity contribution in [1.29, 1.82) is 0 Å². The van der Waals surface area contributed by atoms with Crippen molar-refractivity contribution in [1.82, 2.24) is 0 Å². The second kappa shape index (κ2) is 7.91. The van der Waals surface area contributed by atoms with E-state index in [1.54, 1.807) is 0 Å². The average Bonchev–Trinajstić information content (AvgIpc) is 3.61. The van der Waals surface area contributed by atoms with Crippen LogP contribution >= 0.6 is 0 Å². The summed E-state index contributed by atoms with van der Waals surface area (Å²) in [6, 6.07) is 12.5. The van der Waals surface area contributed by atoms with Gasteiger partial charge in [0, 0.05) is 0 Å². The summed E-state index contributed by atoms with van der Waals surface area (Å²) in [4.78, 5) is 0. The fourth-order valence-corrected chi connectivity index (χ4v) is 4.46. The molecule has 4 rings (SSSR count). The largest absolute Gasteiger partial charge is 0.370 e. The first-order valence-corrected chi connectivity index (χ1v) is 10.4. The molecule has 6 unspecified atom stereocenters. The number of rotatable bonds is 8. The van der Waals surface area contributed by atoms with Crippen LogP contribution in [0.15, 0.2) is 49.6 Å². The summed E-state index contributed by atoms with van der Waals surface area (Å²) in [5.74, 6) is 0. The minimum absolute atomic E-state index is 0.00661. The third-order valence-electron chi connectivity index (χ3n) is 6.13. The van der Waals surface area contributed by atoms with Crippen LogP contribution in [-0.2, 0) is 14.2 Å². The predicted octanol–water partition coefficient (Wildman–Crippen LogP) is 5.96. The summed E-state index contributed by atoms with van der Waals surface area (Å²) in [7, 11) is 0. The van der Waals surface area contributed by atoms with Gasteiger partial charge in [-0.1, -0.05) is 61.7 Å². The Balaban J connectivity index is 1.40. The Morgan fingerprint density at radius 1 is 0.793 bits per heavy atom. The zero-order valence-corrected chi connectivity index (χ0v) is 17.7. The van der Waals surface area contributed by atoms with Crippen LogP contribution in [0, 0.1) is 13.8 Å². The van der Waals surface area contributed by atoms with Crippen LogP contribution in [0.1, 0.15) is 59.4 Å². The lowest BCUT2D eigenvalue weighted by molar-refractivity contribution is -0.0188. The van der Waals surface area contributed by atoms with Gasteiger partial charge >= 0.3 is 0 Å². The molecule has 3 nitrogen and oxygen atoms in total. The molecule has 29 heavy (non-hydrogen) atoms. The molecule has 0 saturated carbocycles. The predicted molar refractivity (Wildman–Crippen MR) is 118 cm³/mol. The standard InChI is InChI=1S/C26H30O3/c1-7-19-13-9-11-15(3)21(19)25-23(28-25)17(5)27-18(6)24-26(29-24)22-16(4)12-10-14-20(22)8-2/h7-14,17-18,23-26H,1-2H2,3-6H3. The van der Waals surface area contributed by atoms with Gasteiger partial charge in [-0.15, -0.1) is 0 Å². The van der Waals surface area contributed by atoms with Crippen LogP contribution in [0.3, 0.4) is 0 Å². The lowest BCUT2D eigenvalue weighted by atomic mass is 9.96. The molecule has 0 spiro atoms. The Bertz CT molecular complexity index is 856. The van der Waals surface area contributed by atoms with Crippen LogP contribution in [0.25, 0.3) is 12.2 Å². The van der Waals surface area contributed by atoms with Crippen molar-refractivity contribution in [2.75, 3.05) is 0 Å². The highest BCUT2D eigenvalue weighted by atomic mass is 16.6. The maximum Gasteiger partial charge on any atom is 0.115 e. The van der Waals surface area contributed by atoms with E-state index in [1.165, 1.54) is 22.3 Å². The number of epoxide rings is 2. The van der Waals surface area contributed by atoms with Crippen LogP contribution in [0.2, 0.25) is 0 Å². The second-order valence-corrected chi connectivity index (χ2v) is 8.15. The third-order valence-corrected chi connectivity index (χ3v) is 6.13. The first kappa shape index (κ1) is 20.1. The van der Waals surface area contributed by atoms with E-state index in [9.17, 15) is 0 Å². The average molecular weight is 391 g/mol. The molecular formula is C26H30O3. The van der Waals surface area contributed by atoms with Crippen LogP contribution in [0.4, 0.5) is 0 Å².